The Balaban J connectivity index is 0.00000211. The first-order valence-electron chi connectivity index (χ1n) is 23.9. The fourth-order valence-electron chi connectivity index (χ4n) is 12.4. The van der Waals surface area contributed by atoms with Crippen LogP contribution in [0.25, 0.3) is 148 Å². The van der Waals surface area contributed by atoms with Crippen LogP contribution < -0.4 is 0 Å². The van der Waals surface area contributed by atoms with Gasteiger partial charge in [0.1, 0.15) is 0 Å². The number of hydrogen-bond donors (Lipinski definition) is 0. The highest BCUT2D eigenvalue weighted by Crippen LogP contribution is 2.62. The predicted molar refractivity (Wildman–Crippen MR) is 290 cm³/mol. The van der Waals surface area contributed by atoms with Crippen molar-refractivity contribution >= 4 is 70.2 Å². The van der Waals surface area contributed by atoms with Gasteiger partial charge in [-0.2, -0.15) is 0 Å². The van der Waals surface area contributed by atoms with Crippen LogP contribution >= 0.6 is 0 Å². The maximum Gasteiger partial charge on any atom is -0.000740 e. The van der Waals surface area contributed by atoms with Crippen molar-refractivity contribution in [2.75, 3.05) is 0 Å². The lowest BCUT2D eigenvalue weighted by atomic mass is 9.82. The lowest BCUT2D eigenvalue weighted by molar-refractivity contribution is 1.41. The van der Waals surface area contributed by atoms with Crippen LogP contribution in [-0.4, -0.2) is 0 Å². The lowest BCUT2D eigenvalue weighted by Crippen LogP contribution is -1.95. The molecule has 3 aliphatic rings. The summed E-state index contributed by atoms with van der Waals surface area (Å²) in [5.74, 6) is 0. The average Bonchev–Trinajstić information content (AvgIpc) is 3.76. The highest BCUT2D eigenvalue weighted by atomic mass is 14.4. The van der Waals surface area contributed by atoms with E-state index in [1.807, 2.05) is 13.8 Å². The molecular weight excluding hydrogens is 805 g/mol. The maximum atomic E-state index is 2.46. The second-order valence-corrected chi connectivity index (χ2v) is 18.0. The summed E-state index contributed by atoms with van der Waals surface area (Å²) in [5.41, 5.74) is 20.9. The monoisotopic (exact) mass is 848 g/mol. The zero-order chi connectivity index (χ0) is 44.3. The molecule has 12 aromatic carbocycles. The van der Waals surface area contributed by atoms with Crippen molar-refractivity contribution in [1.29, 1.82) is 0 Å². The van der Waals surface area contributed by atoms with Crippen LogP contribution in [0, 0.1) is 0 Å². The Hall–Kier alpha value is -8.32. The largest absolute Gasteiger partial charge is 0.0807 e. The van der Waals surface area contributed by atoms with Crippen LogP contribution in [0.2, 0.25) is 0 Å². The molecule has 0 saturated carbocycles. The Morgan fingerprint density at radius 2 is 0.597 bits per heavy atom. The molecule has 0 N–H and O–H groups in total. The molecule has 15 rings (SSSR count). The summed E-state index contributed by atoms with van der Waals surface area (Å²) in [5, 5.41) is 15.9. The molecule has 0 bridgehead atoms. The van der Waals surface area contributed by atoms with Gasteiger partial charge in [-0.3, -0.25) is 0 Å². The summed E-state index contributed by atoms with van der Waals surface area (Å²) >= 11 is 0. The van der Waals surface area contributed by atoms with Gasteiger partial charge in [-0.1, -0.05) is 232 Å². The molecule has 0 heteroatoms. The first-order valence-corrected chi connectivity index (χ1v) is 23.9. The third kappa shape index (κ3) is 5.13. The fraction of sp³-hybridized carbons (Fsp3) is 0.0448. The summed E-state index contributed by atoms with van der Waals surface area (Å²) in [6.07, 6.45) is 12.4. The van der Waals surface area contributed by atoms with E-state index in [9.17, 15) is 0 Å². The molecule has 3 aliphatic carbocycles. The summed E-state index contributed by atoms with van der Waals surface area (Å²) in [7, 11) is 0. The summed E-state index contributed by atoms with van der Waals surface area (Å²) < 4.78 is 0. The van der Waals surface area contributed by atoms with Crippen molar-refractivity contribution in [2.45, 2.75) is 20.3 Å². The Morgan fingerprint density at radius 1 is 0.269 bits per heavy atom. The SMILES string of the molecule is C1=CCC=CC(c2c3c(c(-c4ccccc4)c4ccccc24)-c2ccc4c5ccc6c7c(ccc(c8ccc-3c2c84)c75)-c2c-6c(-c3ccccc3)c3ccccc3c2-c2ccccc2)=C1.CC. The summed E-state index contributed by atoms with van der Waals surface area (Å²) in [6.45, 7) is 4.00. The molecular formula is C67H44. The minimum Gasteiger partial charge on any atom is -0.0807 e. The molecule has 0 radical (unpaired) electrons. The average molecular weight is 849 g/mol. The van der Waals surface area contributed by atoms with E-state index in [0.29, 0.717) is 0 Å². The Bertz CT molecular complexity index is 4000. The van der Waals surface area contributed by atoms with Crippen LogP contribution in [0.5, 0.6) is 0 Å². The molecule has 0 fully saturated rings. The minimum atomic E-state index is 0.932. The van der Waals surface area contributed by atoms with E-state index in [1.54, 1.807) is 0 Å². The predicted octanol–water partition coefficient (Wildman–Crippen LogP) is 19.3. The van der Waals surface area contributed by atoms with Crippen molar-refractivity contribution < 1.29 is 0 Å². The van der Waals surface area contributed by atoms with E-state index in [0.717, 1.165) is 6.42 Å². The zero-order valence-electron chi connectivity index (χ0n) is 37.5. The van der Waals surface area contributed by atoms with Crippen LogP contribution in [0.15, 0.2) is 218 Å². The molecule has 0 unspecified atom stereocenters. The van der Waals surface area contributed by atoms with Gasteiger partial charge in [0, 0.05) is 0 Å². The fourth-order valence-corrected chi connectivity index (χ4v) is 12.4. The van der Waals surface area contributed by atoms with E-state index in [1.165, 1.54) is 154 Å². The molecule has 312 valence electrons. The molecule has 67 heavy (non-hydrogen) atoms. The van der Waals surface area contributed by atoms with Crippen molar-refractivity contribution in [1.82, 2.24) is 0 Å². The molecule has 0 saturated heterocycles. The number of benzene rings is 12. The van der Waals surface area contributed by atoms with E-state index < -0.39 is 0 Å². The second kappa shape index (κ2) is 14.6. The van der Waals surface area contributed by atoms with Crippen LogP contribution in [-0.2, 0) is 0 Å². The third-order valence-electron chi connectivity index (χ3n) is 14.9. The molecule has 0 atom stereocenters. The van der Waals surface area contributed by atoms with Gasteiger partial charge in [-0.05, 0) is 160 Å². The van der Waals surface area contributed by atoms with Gasteiger partial charge < -0.3 is 0 Å². The Labute approximate surface area is 390 Å². The van der Waals surface area contributed by atoms with E-state index in [-0.39, 0.29) is 0 Å². The van der Waals surface area contributed by atoms with Gasteiger partial charge in [0.2, 0.25) is 0 Å². The van der Waals surface area contributed by atoms with E-state index >= 15 is 0 Å². The van der Waals surface area contributed by atoms with Crippen LogP contribution in [0.3, 0.4) is 0 Å². The topological polar surface area (TPSA) is 0 Å². The zero-order valence-corrected chi connectivity index (χ0v) is 37.5. The molecule has 0 aromatic heterocycles. The van der Waals surface area contributed by atoms with Gasteiger partial charge in [0.25, 0.3) is 0 Å². The van der Waals surface area contributed by atoms with Crippen molar-refractivity contribution in [3.8, 4) is 77.9 Å². The molecule has 0 aliphatic heterocycles. The first kappa shape index (κ1) is 38.0. The second-order valence-electron chi connectivity index (χ2n) is 18.0. The van der Waals surface area contributed by atoms with Gasteiger partial charge in [0.05, 0.1) is 0 Å². The molecule has 0 heterocycles. The Morgan fingerprint density at radius 3 is 0.970 bits per heavy atom. The third-order valence-corrected chi connectivity index (χ3v) is 14.9. The normalized spacial score (nSPS) is 13.1. The molecule has 0 amide bonds. The smallest absolute Gasteiger partial charge is 0.000740 e. The number of hydrogen-bond acceptors (Lipinski definition) is 0. The van der Waals surface area contributed by atoms with Gasteiger partial charge in [-0.15, -0.1) is 0 Å². The molecule has 12 aromatic rings. The van der Waals surface area contributed by atoms with Gasteiger partial charge >= 0.3 is 0 Å². The van der Waals surface area contributed by atoms with E-state index in [4.69, 9.17) is 0 Å². The standard InChI is InChI=1S/C65H38.C2H6/c1-2-7-19-38(18-6-1)54-42-26-14-15-27-43(42)55(39-20-8-3-9-21-39)63-51-35-31-47-49-33-37-53-61-52(36-32-48(59(49)61)46-30-34-50(62(54)63)60(51)58(46)47)64-56(40-22-10-4-11-23-40)44-28-16-17-29-45(44)57(65(53)64)41-24-12-5-13-25-41;1-2/h1,3-37H,2H2;1-2H3. The molecule has 0 spiro atoms. The highest BCUT2D eigenvalue weighted by Gasteiger charge is 2.35. The highest BCUT2D eigenvalue weighted by molar-refractivity contribution is 6.42. The molecule has 0 nitrogen and oxygen atoms in total. The maximum absolute atomic E-state index is 2.46. The number of allylic oxidation sites excluding steroid dienone is 6. The van der Waals surface area contributed by atoms with Crippen LogP contribution in [0.4, 0.5) is 0 Å². The summed E-state index contributed by atoms with van der Waals surface area (Å²) in [4.78, 5) is 0. The summed E-state index contributed by atoms with van der Waals surface area (Å²) in [6, 6.07) is 71.0. The van der Waals surface area contributed by atoms with Gasteiger partial charge in [-0.25, -0.2) is 0 Å². The quantitative estimate of drug-likeness (QED) is 0.122. The lowest BCUT2D eigenvalue weighted by Gasteiger charge is -2.20. The van der Waals surface area contributed by atoms with Gasteiger partial charge in [0.15, 0.2) is 0 Å². The number of fused-ring (bicyclic) bond motifs is 10. The van der Waals surface area contributed by atoms with Crippen molar-refractivity contribution in [2.24, 2.45) is 0 Å². The number of rotatable bonds is 4. The Kier molecular flexibility index (Phi) is 8.28. The van der Waals surface area contributed by atoms with Crippen LogP contribution in [0.1, 0.15) is 25.8 Å². The minimum absolute atomic E-state index is 0.932. The van der Waals surface area contributed by atoms with Crippen molar-refractivity contribution in [3.63, 3.8) is 0 Å². The van der Waals surface area contributed by atoms with E-state index in [2.05, 4.69) is 218 Å². The van der Waals surface area contributed by atoms with Crippen molar-refractivity contribution in [3.05, 3.63) is 224 Å². The first-order chi connectivity index (χ1) is 33.3.